The van der Waals surface area contributed by atoms with Crippen LogP contribution in [-0.2, 0) is 35.5 Å². The van der Waals surface area contributed by atoms with Crippen LogP contribution >= 0.6 is 0 Å². The second kappa shape index (κ2) is 15.2. The molecule has 0 aliphatic carbocycles. The first-order valence-corrected chi connectivity index (χ1v) is 13.9. The van der Waals surface area contributed by atoms with Crippen molar-refractivity contribution in [3.05, 3.63) is 119 Å². The molecule has 0 aliphatic heterocycles. The highest BCUT2D eigenvalue weighted by atomic mass is 16.5. The van der Waals surface area contributed by atoms with E-state index in [0.717, 1.165) is 16.7 Å². The van der Waals surface area contributed by atoms with E-state index in [1.165, 1.54) is 6.33 Å². The predicted molar refractivity (Wildman–Crippen MR) is 159 cm³/mol. The quantitative estimate of drug-likeness (QED) is 0.158. The summed E-state index contributed by atoms with van der Waals surface area (Å²) in [5.41, 5.74) is 9.42. The normalized spacial score (nSPS) is 12.1. The largest absolute Gasteiger partial charge is 0.494 e. The van der Waals surface area contributed by atoms with E-state index in [0.29, 0.717) is 30.2 Å². The molecular formula is C32H36N6O4. The number of ether oxygens (including phenoxy) is 1. The lowest BCUT2D eigenvalue weighted by Crippen LogP contribution is -2.55. The molecule has 42 heavy (non-hydrogen) atoms. The molecule has 3 amide bonds. The Morgan fingerprint density at radius 2 is 1.50 bits per heavy atom. The average Bonchev–Trinajstić information content (AvgIpc) is 3.54. The smallest absolute Gasteiger partial charge is 0.251 e. The SMILES string of the molecule is CCOc1ccc(CC(NC(=O)c2ccccc2)C(=O)NC(Cc2c[nH]cn2)C(=O)NCc2ccc(CN)cc2)cc1. The van der Waals surface area contributed by atoms with Crippen molar-refractivity contribution >= 4 is 17.7 Å². The predicted octanol–water partition coefficient (Wildman–Crippen LogP) is 2.65. The summed E-state index contributed by atoms with van der Waals surface area (Å²) >= 11 is 0. The second-order valence-electron chi connectivity index (χ2n) is 9.74. The molecule has 0 bridgehead atoms. The maximum atomic E-state index is 13.7. The Morgan fingerprint density at radius 1 is 0.833 bits per heavy atom. The van der Waals surface area contributed by atoms with Gasteiger partial charge in [-0.05, 0) is 47.9 Å². The van der Waals surface area contributed by atoms with Crippen molar-refractivity contribution in [1.29, 1.82) is 0 Å². The first kappa shape index (κ1) is 30.0. The fourth-order valence-corrected chi connectivity index (χ4v) is 4.36. The van der Waals surface area contributed by atoms with Gasteiger partial charge < -0.3 is 31.4 Å². The van der Waals surface area contributed by atoms with Crippen molar-refractivity contribution < 1.29 is 19.1 Å². The number of aromatic amines is 1. The van der Waals surface area contributed by atoms with Gasteiger partial charge in [-0.3, -0.25) is 14.4 Å². The van der Waals surface area contributed by atoms with Gasteiger partial charge in [0.15, 0.2) is 0 Å². The number of benzene rings is 3. The summed E-state index contributed by atoms with van der Waals surface area (Å²) in [5, 5.41) is 8.61. The molecule has 10 heteroatoms. The molecule has 1 heterocycles. The van der Waals surface area contributed by atoms with Crippen LogP contribution in [0.25, 0.3) is 0 Å². The highest BCUT2D eigenvalue weighted by molar-refractivity contribution is 5.98. The third kappa shape index (κ3) is 8.77. The van der Waals surface area contributed by atoms with E-state index in [2.05, 4.69) is 25.9 Å². The highest BCUT2D eigenvalue weighted by Crippen LogP contribution is 2.14. The van der Waals surface area contributed by atoms with Gasteiger partial charge in [0.2, 0.25) is 11.8 Å². The molecule has 2 unspecified atom stereocenters. The molecule has 0 radical (unpaired) electrons. The van der Waals surface area contributed by atoms with Gasteiger partial charge in [-0.25, -0.2) is 4.98 Å². The molecule has 6 N–H and O–H groups in total. The second-order valence-corrected chi connectivity index (χ2v) is 9.74. The number of carbonyl (C=O) groups is 3. The molecule has 3 aromatic carbocycles. The summed E-state index contributed by atoms with van der Waals surface area (Å²) in [7, 11) is 0. The minimum absolute atomic E-state index is 0.162. The van der Waals surface area contributed by atoms with E-state index >= 15 is 0 Å². The van der Waals surface area contributed by atoms with E-state index in [1.54, 1.807) is 30.5 Å². The van der Waals surface area contributed by atoms with Crippen LogP contribution in [0.3, 0.4) is 0 Å². The van der Waals surface area contributed by atoms with Crippen molar-refractivity contribution in [2.75, 3.05) is 6.61 Å². The minimum atomic E-state index is -0.950. The molecule has 10 nitrogen and oxygen atoms in total. The summed E-state index contributed by atoms with van der Waals surface area (Å²) in [6.45, 7) is 3.15. The van der Waals surface area contributed by atoms with Gasteiger partial charge in [0, 0.05) is 37.7 Å². The molecule has 0 saturated heterocycles. The van der Waals surface area contributed by atoms with Gasteiger partial charge in [-0.2, -0.15) is 0 Å². The number of hydrogen-bond donors (Lipinski definition) is 5. The maximum Gasteiger partial charge on any atom is 0.251 e. The van der Waals surface area contributed by atoms with E-state index < -0.39 is 23.9 Å². The van der Waals surface area contributed by atoms with Gasteiger partial charge in [0.05, 0.1) is 18.6 Å². The Balaban J connectivity index is 1.51. The molecule has 0 spiro atoms. The molecule has 2 atom stereocenters. The fraction of sp³-hybridized carbons (Fsp3) is 0.250. The van der Waals surface area contributed by atoms with Gasteiger partial charge in [-0.15, -0.1) is 0 Å². The number of carbonyl (C=O) groups excluding carboxylic acids is 3. The van der Waals surface area contributed by atoms with E-state index in [9.17, 15) is 14.4 Å². The van der Waals surface area contributed by atoms with Crippen molar-refractivity contribution in [3.63, 3.8) is 0 Å². The Bertz CT molecular complexity index is 1420. The summed E-state index contributed by atoms with van der Waals surface area (Å²) < 4.78 is 5.52. The van der Waals surface area contributed by atoms with Crippen molar-refractivity contribution in [1.82, 2.24) is 25.9 Å². The lowest BCUT2D eigenvalue weighted by atomic mass is 10.0. The van der Waals surface area contributed by atoms with Crippen LogP contribution < -0.4 is 26.4 Å². The number of nitrogens with two attached hydrogens (primary N) is 1. The first-order valence-electron chi connectivity index (χ1n) is 13.9. The zero-order valence-corrected chi connectivity index (χ0v) is 23.5. The van der Waals surface area contributed by atoms with Gasteiger partial charge in [0.25, 0.3) is 5.91 Å². The molecule has 0 aliphatic rings. The first-order chi connectivity index (χ1) is 20.4. The Kier molecular flexibility index (Phi) is 10.8. The van der Waals surface area contributed by atoms with Gasteiger partial charge in [0.1, 0.15) is 17.8 Å². The van der Waals surface area contributed by atoms with Crippen LogP contribution in [-0.4, -0.2) is 46.4 Å². The third-order valence-electron chi connectivity index (χ3n) is 6.66. The Morgan fingerprint density at radius 3 is 2.14 bits per heavy atom. The third-order valence-corrected chi connectivity index (χ3v) is 6.66. The van der Waals surface area contributed by atoms with E-state index in [4.69, 9.17) is 10.5 Å². The number of nitrogens with one attached hydrogen (secondary N) is 4. The highest BCUT2D eigenvalue weighted by Gasteiger charge is 2.28. The monoisotopic (exact) mass is 568 g/mol. The summed E-state index contributed by atoms with van der Waals surface area (Å²) in [6.07, 6.45) is 3.56. The van der Waals surface area contributed by atoms with Crippen LogP contribution in [0, 0.1) is 0 Å². The number of rotatable bonds is 14. The van der Waals surface area contributed by atoms with Gasteiger partial charge in [-0.1, -0.05) is 54.6 Å². The minimum Gasteiger partial charge on any atom is -0.494 e. The van der Waals surface area contributed by atoms with Crippen LogP contribution in [0.15, 0.2) is 91.4 Å². The number of hydrogen-bond acceptors (Lipinski definition) is 6. The van der Waals surface area contributed by atoms with Crippen LogP contribution in [0.2, 0.25) is 0 Å². The summed E-state index contributed by atoms with van der Waals surface area (Å²) in [5.74, 6) is -0.542. The fourth-order valence-electron chi connectivity index (χ4n) is 4.36. The summed E-state index contributed by atoms with van der Waals surface area (Å²) in [4.78, 5) is 47.2. The molecule has 0 saturated carbocycles. The molecule has 4 aromatic rings. The van der Waals surface area contributed by atoms with Crippen molar-refractivity contribution in [2.24, 2.45) is 5.73 Å². The lowest BCUT2D eigenvalue weighted by molar-refractivity contribution is -0.130. The molecular weight excluding hydrogens is 532 g/mol. The van der Waals surface area contributed by atoms with Crippen LogP contribution in [0.5, 0.6) is 5.75 Å². The number of amides is 3. The van der Waals surface area contributed by atoms with Crippen LogP contribution in [0.1, 0.15) is 39.7 Å². The molecule has 218 valence electrons. The maximum absolute atomic E-state index is 13.7. The molecule has 0 fully saturated rings. The van der Waals surface area contributed by atoms with E-state index in [-0.39, 0.29) is 25.3 Å². The number of H-pyrrole nitrogens is 1. The number of aromatic nitrogens is 2. The topological polar surface area (TPSA) is 151 Å². The lowest BCUT2D eigenvalue weighted by Gasteiger charge is -2.23. The number of imidazole rings is 1. The molecule has 4 rings (SSSR count). The zero-order valence-electron chi connectivity index (χ0n) is 23.5. The van der Waals surface area contributed by atoms with Crippen molar-refractivity contribution in [2.45, 2.75) is 44.9 Å². The molecule has 1 aromatic heterocycles. The summed E-state index contributed by atoms with van der Waals surface area (Å²) in [6, 6.07) is 21.7. The standard InChI is InChI=1S/C32H36N6O4/c1-2-42-27-14-12-22(13-15-27)16-28(37-30(39)25-6-4-3-5-7-25)32(41)38-29(17-26-20-34-21-36-26)31(40)35-19-24-10-8-23(18-33)9-11-24/h3-15,20-21,28-29H,2,16-19,33H2,1H3,(H,34,36)(H,35,40)(H,37,39)(H,38,41). The van der Waals surface area contributed by atoms with Gasteiger partial charge >= 0.3 is 0 Å². The van der Waals surface area contributed by atoms with Crippen LogP contribution in [0.4, 0.5) is 0 Å². The Labute approximate surface area is 245 Å². The van der Waals surface area contributed by atoms with Crippen molar-refractivity contribution in [3.8, 4) is 5.75 Å². The van der Waals surface area contributed by atoms with E-state index in [1.807, 2.05) is 61.5 Å². The zero-order chi connectivity index (χ0) is 29.7. The number of nitrogens with zero attached hydrogens (tertiary/aromatic N) is 1. The average molecular weight is 569 g/mol. The Hall–Kier alpha value is -4.96.